The molecule has 106 valence electrons. The van der Waals surface area contributed by atoms with Crippen LogP contribution in [0.5, 0.6) is 0 Å². The molecule has 3 N–H and O–H groups in total. The smallest absolute Gasteiger partial charge is 0.243 e. The molecule has 2 rings (SSSR count). The molecular formula is C11H18N4O3S. The van der Waals surface area contributed by atoms with Crippen molar-refractivity contribution in [2.45, 2.75) is 11.3 Å². The molecule has 1 aromatic rings. The number of ether oxygens (including phenoxy) is 1. The van der Waals surface area contributed by atoms with E-state index in [2.05, 4.69) is 10.4 Å². The second-order valence-electron chi connectivity index (χ2n) is 4.49. The minimum Gasteiger partial charge on any atom is -0.384 e. The molecule has 1 unspecified atom stereocenters. The molecule has 8 heteroatoms. The van der Waals surface area contributed by atoms with Gasteiger partial charge in [-0.2, -0.15) is 4.31 Å². The standard InChI is InChI=1S/C11H18N4O3S/c1-18-8-9-3-5-15(7-9)19(16,17)10-2-4-13-11(6-10)14-12/h2,4,6,9H,3,5,7-8,12H2,1H3,(H,13,14). The summed E-state index contributed by atoms with van der Waals surface area (Å²) in [6.07, 6.45) is 2.24. The summed E-state index contributed by atoms with van der Waals surface area (Å²) < 4.78 is 31.4. The number of methoxy groups -OCH3 is 1. The Hall–Kier alpha value is -1.22. The highest BCUT2D eigenvalue weighted by atomic mass is 32.2. The van der Waals surface area contributed by atoms with Crippen LogP contribution in [0.1, 0.15) is 6.42 Å². The SMILES string of the molecule is COCC1CCN(S(=O)(=O)c2ccnc(NN)c2)C1. The molecule has 1 aliphatic rings. The molecule has 1 aliphatic heterocycles. The van der Waals surface area contributed by atoms with E-state index in [9.17, 15) is 8.42 Å². The van der Waals surface area contributed by atoms with E-state index in [0.29, 0.717) is 25.5 Å². The van der Waals surface area contributed by atoms with Crippen LogP contribution < -0.4 is 11.3 Å². The molecule has 0 bridgehead atoms. The number of nitrogens with one attached hydrogen (secondary N) is 1. The summed E-state index contributed by atoms with van der Waals surface area (Å²) in [5.74, 6) is 5.83. The van der Waals surface area contributed by atoms with Crippen LogP contribution in [-0.4, -0.2) is 44.5 Å². The Kier molecular flexibility index (Phi) is 4.35. The van der Waals surface area contributed by atoms with Crippen LogP contribution in [0.3, 0.4) is 0 Å². The van der Waals surface area contributed by atoms with E-state index in [-0.39, 0.29) is 10.8 Å². The van der Waals surface area contributed by atoms with Crippen molar-refractivity contribution in [3.63, 3.8) is 0 Å². The van der Waals surface area contributed by atoms with Gasteiger partial charge in [-0.25, -0.2) is 19.2 Å². The van der Waals surface area contributed by atoms with Gasteiger partial charge in [-0.3, -0.25) is 0 Å². The third kappa shape index (κ3) is 3.03. The van der Waals surface area contributed by atoms with Crippen molar-refractivity contribution in [1.29, 1.82) is 0 Å². The van der Waals surface area contributed by atoms with Gasteiger partial charge in [0.15, 0.2) is 0 Å². The molecule has 1 atom stereocenters. The normalized spacial score (nSPS) is 20.6. The van der Waals surface area contributed by atoms with Gasteiger partial charge in [-0.1, -0.05) is 0 Å². The third-order valence-corrected chi connectivity index (χ3v) is 5.03. The number of hydrazine groups is 1. The topological polar surface area (TPSA) is 97.5 Å². The fourth-order valence-electron chi connectivity index (χ4n) is 2.19. The van der Waals surface area contributed by atoms with Crippen LogP contribution in [0.2, 0.25) is 0 Å². The van der Waals surface area contributed by atoms with Gasteiger partial charge in [0, 0.05) is 32.5 Å². The summed E-state index contributed by atoms with van der Waals surface area (Å²) in [7, 11) is -1.86. The molecule has 2 heterocycles. The summed E-state index contributed by atoms with van der Waals surface area (Å²) in [6.45, 7) is 1.59. The Morgan fingerprint density at radius 3 is 3.11 bits per heavy atom. The van der Waals surface area contributed by atoms with Gasteiger partial charge in [0.1, 0.15) is 5.82 Å². The molecule has 1 saturated heterocycles. The maximum absolute atomic E-state index is 12.4. The Labute approximate surface area is 112 Å². The lowest BCUT2D eigenvalue weighted by atomic mass is 10.1. The molecule has 19 heavy (non-hydrogen) atoms. The minimum atomic E-state index is -3.48. The van der Waals surface area contributed by atoms with E-state index in [0.717, 1.165) is 6.42 Å². The molecule has 0 amide bonds. The van der Waals surface area contributed by atoms with Crippen molar-refractivity contribution in [2.24, 2.45) is 11.8 Å². The lowest BCUT2D eigenvalue weighted by Gasteiger charge is -2.16. The zero-order valence-electron chi connectivity index (χ0n) is 10.7. The number of aromatic nitrogens is 1. The zero-order chi connectivity index (χ0) is 13.9. The first kappa shape index (κ1) is 14.2. The Bertz CT molecular complexity index is 534. The van der Waals surface area contributed by atoms with Crippen LogP contribution in [0, 0.1) is 5.92 Å². The predicted octanol–water partition coefficient (Wildman–Crippen LogP) is 0.0242. The molecule has 1 aromatic heterocycles. The summed E-state index contributed by atoms with van der Waals surface area (Å²) in [6, 6.07) is 2.90. The molecule has 0 aromatic carbocycles. The van der Waals surface area contributed by atoms with Gasteiger partial charge in [0.05, 0.1) is 11.5 Å². The van der Waals surface area contributed by atoms with Crippen molar-refractivity contribution in [3.05, 3.63) is 18.3 Å². The number of rotatable bonds is 5. The average Bonchev–Trinajstić information content (AvgIpc) is 2.88. The van der Waals surface area contributed by atoms with Crippen LogP contribution >= 0.6 is 0 Å². The number of hydrogen-bond acceptors (Lipinski definition) is 6. The molecule has 0 aliphatic carbocycles. The van der Waals surface area contributed by atoms with Gasteiger partial charge >= 0.3 is 0 Å². The van der Waals surface area contributed by atoms with E-state index >= 15 is 0 Å². The molecule has 7 nitrogen and oxygen atoms in total. The van der Waals surface area contributed by atoms with Crippen LogP contribution in [0.25, 0.3) is 0 Å². The van der Waals surface area contributed by atoms with Gasteiger partial charge < -0.3 is 10.2 Å². The monoisotopic (exact) mass is 286 g/mol. The second kappa shape index (κ2) is 5.83. The number of pyridine rings is 1. The summed E-state index contributed by atoms with van der Waals surface area (Å²) in [4.78, 5) is 4.11. The predicted molar refractivity (Wildman–Crippen MR) is 70.8 cm³/mol. The number of hydrogen-bond donors (Lipinski definition) is 2. The number of nitrogens with zero attached hydrogens (tertiary/aromatic N) is 2. The molecule has 0 spiro atoms. The van der Waals surface area contributed by atoms with E-state index in [1.165, 1.54) is 22.6 Å². The number of sulfonamides is 1. The zero-order valence-corrected chi connectivity index (χ0v) is 11.6. The lowest BCUT2D eigenvalue weighted by Crippen LogP contribution is -2.29. The lowest BCUT2D eigenvalue weighted by molar-refractivity contribution is 0.157. The van der Waals surface area contributed by atoms with Gasteiger partial charge in [-0.05, 0) is 18.4 Å². The second-order valence-corrected chi connectivity index (χ2v) is 6.43. The van der Waals surface area contributed by atoms with Crippen molar-refractivity contribution < 1.29 is 13.2 Å². The highest BCUT2D eigenvalue weighted by molar-refractivity contribution is 7.89. The fourth-order valence-corrected chi connectivity index (χ4v) is 3.73. The first-order chi connectivity index (χ1) is 9.07. The minimum absolute atomic E-state index is 0.202. The van der Waals surface area contributed by atoms with Crippen LogP contribution in [0.15, 0.2) is 23.2 Å². The number of nitrogen functional groups attached to an aromatic ring is 1. The quantitative estimate of drug-likeness (QED) is 0.585. The fraction of sp³-hybridized carbons (Fsp3) is 0.545. The third-order valence-electron chi connectivity index (χ3n) is 3.17. The first-order valence-corrected chi connectivity index (χ1v) is 7.43. The molecule has 0 radical (unpaired) electrons. The molecular weight excluding hydrogens is 268 g/mol. The summed E-state index contributed by atoms with van der Waals surface area (Å²) in [5.41, 5.74) is 2.35. The summed E-state index contributed by atoms with van der Waals surface area (Å²) in [5, 5.41) is 0. The first-order valence-electron chi connectivity index (χ1n) is 5.99. The van der Waals surface area contributed by atoms with Gasteiger partial charge in [0.25, 0.3) is 0 Å². The maximum Gasteiger partial charge on any atom is 0.243 e. The average molecular weight is 286 g/mol. The van der Waals surface area contributed by atoms with Crippen LogP contribution in [-0.2, 0) is 14.8 Å². The van der Waals surface area contributed by atoms with Crippen molar-refractivity contribution >= 4 is 15.8 Å². The molecule has 1 fully saturated rings. The van der Waals surface area contributed by atoms with E-state index in [1.807, 2.05) is 0 Å². The Balaban J connectivity index is 2.18. The highest BCUT2D eigenvalue weighted by Gasteiger charge is 2.32. The Morgan fingerprint density at radius 2 is 2.42 bits per heavy atom. The van der Waals surface area contributed by atoms with E-state index in [4.69, 9.17) is 10.6 Å². The van der Waals surface area contributed by atoms with Gasteiger partial charge in [0.2, 0.25) is 10.0 Å². The van der Waals surface area contributed by atoms with E-state index < -0.39 is 10.0 Å². The van der Waals surface area contributed by atoms with Crippen molar-refractivity contribution in [2.75, 3.05) is 32.2 Å². The maximum atomic E-state index is 12.4. The number of nitrogens with two attached hydrogens (primary N) is 1. The Morgan fingerprint density at radius 1 is 1.63 bits per heavy atom. The van der Waals surface area contributed by atoms with Crippen molar-refractivity contribution in [3.8, 4) is 0 Å². The largest absolute Gasteiger partial charge is 0.384 e. The molecule has 0 saturated carbocycles. The highest BCUT2D eigenvalue weighted by Crippen LogP contribution is 2.25. The van der Waals surface area contributed by atoms with Gasteiger partial charge in [-0.15, -0.1) is 0 Å². The number of anilines is 1. The summed E-state index contributed by atoms with van der Waals surface area (Å²) >= 11 is 0. The van der Waals surface area contributed by atoms with Crippen LogP contribution in [0.4, 0.5) is 5.82 Å². The van der Waals surface area contributed by atoms with Crippen molar-refractivity contribution in [1.82, 2.24) is 9.29 Å². The van der Waals surface area contributed by atoms with E-state index in [1.54, 1.807) is 7.11 Å².